The molecule has 0 unspecified atom stereocenters. The van der Waals surface area contributed by atoms with Crippen molar-refractivity contribution in [2.75, 3.05) is 11.9 Å². The van der Waals surface area contributed by atoms with Gasteiger partial charge in [-0.05, 0) is 55.5 Å². The van der Waals surface area contributed by atoms with Crippen molar-refractivity contribution in [1.82, 2.24) is 15.2 Å². The second-order valence-corrected chi connectivity index (χ2v) is 8.32. The Hall–Kier alpha value is -2.77. The van der Waals surface area contributed by atoms with E-state index in [-0.39, 0.29) is 24.5 Å². The van der Waals surface area contributed by atoms with Crippen LogP contribution in [-0.4, -0.2) is 27.4 Å². The summed E-state index contributed by atoms with van der Waals surface area (Å²) in [6, 6.07) is 19.3. The van der Waals surface area contributed by atoms with Gasteiger partial charge in [0, 0.05) is 21.6 Å². The van der Waals surface area contributed by atoms with E-state index < -0.39 is 0 Å². The molecule has 2 atom stereocenters. The number of aromatic nitrogens is 1. The highest BCUT2D eigenvalue weighted by Gasteiger charge is 2.41. The first-order valence-electron chi connectivity index (χ1n) is 9.01. The summed E-state index contributed by atoms with van der Waals surface area (Å²) in [5.41, 5.74) is 1.68. The molecule has 5 nitrogen and oxygen atoms in total. The number of carbonyl (C=O) groups excluding carboxylic acids is 1. The number of para-hydroxylation sites is 1. The second kappa shape index (κ2) is 8.08. The van der Waals surface area contributed by atoms with Crippen LogP contribution in [0.2, 0.25) is 0 Å². The van der Waals surface area contributed by atoms with E-state index in [1.807, 2.05) is 53.4 Å². The van der Waals surface area contributed by atoms with Crippen LogP contribution >= 0.6 is 23.6 Å². The lowest BCUT2D eigenvalue weighted by Crippen LogP contribution is -2.36. The van der Waals surface area contributed by atoms with Gasteiger partial charge in [0.05, 0.1) is 17.8 Å². The van der Waals surface area contributed by atoms with Crippen LogP contribution in [0, 0.1) is 6.92 Å². The van der Waals surface area contributed by atoms with E-state index in [4.69, 9.17) is 12.2 Å². The number of nitrogens with zero attached hydrogens (tertiary/aromatic N) is 2. The second-order valence-electron chi connectivity index (χ2n) is 6.62. The van der Waals surface area contributed by atoms with E-state index >= 15 is 0 Å². The van der Waals surface area contributed by atoms with Crippen molar-refractivity contribution in [2.24, 2.45) is 0 Å². The van der Waals surface area contributed by atoms with Gasteiger partial charge in [-0.1, -0.05) is 24.3 Å². The molecule has 0 aliphatic carbocycles. The molecular weight excluding hydrogens is 388 g/mol. The summed E-state index contributed by atoms with van der Waals surface area (Å²) in [4.78, 5) is 21.5. The molecule has 0 bridgehead atoms. The Balaban J connectivity index is 1.61. The van der Waals surface area contributed by atoms with Gasteiger partial charge in [0.15, 0.2) is 5.11 Å². The Morgan fingerprint density at radius 3 is 2.64 bits per heavy atom. The maximum absolute atomic E-state index is 12.7. The lowest BCUT2D eigenvalue weighted by atomic mass is 10.0. The highest BCUT2D eigenvalue weighted by Crippen LogP contribution is 2.41. The Labute approximate surface area is 173 Å². The maximum atomic E-state index is 12.7. The standard InChI is InChI=1S/C21H20N4OS2/c1-14-10-11-17(28-14)20-19(16-9-5-6-12-22-16)24-21(27)25(20)13-18(26)23-15-7-3-2-4-8-15/h2-12,19-20H,13H2,1H3,(H,23,26)(H,24,27)/t19-,20-/m0/s1. The Kier molecular flexibility index (Phi) is 5.36. The summed E-state index contributed by atoms with van der Waals surface area (Å²) in [6.45, 7) is 2.25. The number of hydrogen-bond acceptors (Lipinski definition) is 4. The number of hydrogen-bond donors (Lipinski definition) is 2. The van der Waals surface area contributed by atoms with E-state index in [0.717, 1.165) is 16.3 Å². The number of thiophene rings is 1. The summed E-state index contributed by atoms with van der Waals surface area (Å²) in [5, 5.41) is 6.87. The Morgan fingerprint density at radius 1 is 1.18 bits per heavy atom. The molecule has 3 aromatic rings. The van der Waals surface area contributed by atoms with Gasteiger partial charge >= 0.3 is 0 Å². The third-order valence-corrected chi connectivity index (χ3v) is 6.05. The number of pyridine rings is 1. The van der Waals surface area contributed by atoms with Crippen molar-refractivity contribution in [1.29, 1.82) is 0 Å². The van der Waals surface area contributed by atoms with Crippen LogP contribution in [0.3, 0.4) is 0 Å². The fourth-order valence-electron chi connectivity index (χ4n) is 3.37. The van der Waals surface area contributed by atoms with E-state index in [9.17, 15) is 4.79 Å². The number of benzene rings is 1. The molecule has 1 fully saturated rings. The van der Waals surface area contributed by atoms with Crippen LogP contribution in [0.1, 0.15) is 27.5 Å². The molecule has 142 valence electrons. The quantitative estimate of drug-likeness (QED) is 0.624. The van der Waals surface area contributed by atoms with Crippen LogP contribution < -0.4 is 10.6 Å². The minimum atomic E-state index is -0.102. The first kappa shape index (κ1) is 18.6. The molecule has 2 aromatic heterocycles. The van der Waals surface area contributed by atoms with Crippen molar-refractivity contribution in [3.63, 3.8) is 0 Å². The van der Waals surface area contributed by atoms with Gasteiger partial charge in [-0.3, -0.25) is 9.78 Å². The summed E-state index contributed by atoms with van der Waals surface area (Å²) in [5.74, 6) is -0.102. The van der Waals surface area contributed by atoms with Gasteiger partial charge in [-0.25, -0.2) is 0 Å². The third kappa shape index (κ3) is 3.90. The topological polar surface area (TPSA) is 57.3 Å². The number of anilines is 1. The molecule has 1 aliphatic heterocycles. The predicted octanol–water partition coefficient (Wildman–Crippen LogP) is 4.06. The van der Waals surface area contributed by atoms with Crippen LogP contribution in [-0.2, 0) is 4.79 Å². The fraction of sp³-hybridized carbons (Fsp3) is 0.190. The third-order valence-electron chi connectivity index (χ3n) is 4.62. The molecule has 0 saturated carbocycles. The number of aryl methyl sites for hydroxylation is 1. The first-order valence-corrected chi connectivity index (χ1v) is 10.2. The van der Waals surface area contributed by atoms with Gasteiger partial charge in [-0.15, -0.1) is 11.3 Å². The molecule has 0 spiro atoms. The summed E-state index contributed by atoms with van der Waals surface area (Å²) < 4.78 is 0. The maximum Gasteiger partial charge on any atom is 0.244 e. The Bertz CT molecular complexity index is 974. The Morgan fingerprint density at radius 2 is 1.96 bits per heavy atom. The number of rotatable bonds is 5. The zero-order chi connectivity index (χ0) is 19.5. The SMILES string of the molecule is Cc1ccc([C@H]2[C@H](c3ccccn3)NC(=S)N2CC(=O)Nc2ccccc2)s1. The van der Waals surface area contributed by atoms with Gasteiger partial charge in [-0.2, -0.15) is 0 Å². The lowest BCUT2D eigenvalue weighted by molar-refractivity contribution is -0.116. The van der Waals surface area contributed by atoms with Crippen molar-refractivity contribution in [2.45, 2.75) is 19.0 Å². The highest BCUT2D eigenvalue weighted by atomic mass is 32.1. The van der Waals surface area contributed by atoms with Gasteiger partial charge in [0.25, 0.3) is 0 Å². The van der Waals surface area contributed by atoms with E-state index in [1.54, 1.807) is 17.5 Å². The predicted molar refractivity (Wildman–Crippen MR) is 116 cm³/mol. The van der Waals surface area contributed by atoms with Crippen LogP contribution in [0.5, 0.6) is 0 Å². The van der Waals surface area contributed by atoms with Crippen molar-refractivity contribution >= 4 is 40.3 Å². The molecular formula is C21H20N4OS2. The summed E-state index contributed by atoms with van der Waals surface area (Å²) in [7, 11) is 0. The minimum absolute atomic E-state index is 0.0809. The van der Waals surface area contributed by atoms with E-state index in [0.29, 0.717) is 5.11 Å². The van der Waals surface area contributed by atoms with E-state index in [2.05, 4.69) is 34.7 Å². The molecule has 1 amide bonds. The monoisotopic (exact) mass is 408 g/mol. The molecule has 0 radical (unpaired) electrons. The molecule has 2 N–H and O–H groups in total. The normalized spacial score (nSPS) is 18.8. The molecule has 7 heteroatoms. The van der Waals surface area contributed by atoms with Gasteiger partial charge in [0.1, 0.15) is 6.54 Å². The average molecular weight is 409 g/mol. The zero-order valence-corrected chi connectivity index (χ0v) is 17.0. The fourth-order valence-corrected chi connectivity index (χ4v) is 4.71. The molecule has 1 saturated heterocycles. The number of nitrogens with one attached hydrogen (secondary N) is 2. The molecule has 1 aromatic carbocycles. The van der Waals surface area contributed by atoms with Crippen LogP contribution in [0.25, 0.3) is 0 Å². The van der Waals surface area contributed by atoms with Crippen molar-refractivity contribution in [3.8, 4) is 0 Å². The van der Waals surface area contributed by atoms with Gasteiger partial charge < -0.3 is 15.5 Å². The number of carbonyl (C=O) groups is 1. The van der Waals surface area contributed by atoms with E-state index in [1.165, 1.54) is 4.88 Å². The minimum Gasteiger partial charge on any atom is -0.352 e. The summed E-state index contributed by atoms with van der Waals surface area (Å²) >= 11 is 7.32. The number of thiocarbonyl (C=S) groups is 1. The highest BCUT2D eigenvalue weighted by molar-refractivity contribution is 7.80. The molecule has 3 heterocycles. The van der Waals surface area contributed by atoms with Crippen molar-refractivity contribution < 1.29 is 4.79 Å². The van der Waals surface area contributed by atoms with Crippen molar-refractivity contribution in [3.05, 3.63) is 82.3 Å². The molecule has 28 heavy (non-hydrogen) atoms. The molecule has 4 rings (SSSR count). The molecule has 1 aliphatic rings. The first-order chi connectivity index (χ1) is 13.6. The lowest BCUT2D eigenvalue weighted by Gasteiger charge is -2.26. The average Bonchev–Trinajstić information content (AvgIpc) is 3.26. The largest absolute Gasteiger partial charge is 0.352 e. The number of amides is 1. The smallest absolute Gasteiger partial charge is 0.244 e. The van der Waals surface area contributed by atoms with Crippen LogP contribution in [0.4, 0.5) is 5.69 Å². The van der Waals surface area contributed by atoms with Gasteiger partial charge in [0.2, 0.25) is 5.91 Å². The van der Waals surface area contributed by atoms with Crippen LogP contribution in [0.15, 0.2) is 66.9 Å². The zero-order valence-electron chi connectivity index (χ0n) is 15.3. The summed E-state index contributed by atoms with van der Waals surface area (Å²) in [6.07, 6.45) is 1.78.